The van der Waals surface area contributed by atoms with Gasteiger partial charge in [0.1, 0.15) is 34.5 Å². The highest BCUT2D eigenvalue weighted by molar-refractivity contribution is 7.15. The van der Waals surface area contributed by atoms with Crippen molar-refractivity contribution < 1.29 is 38.2 Å². The van der Waals surface area contributed by atoms with Crippen LogP contribution in [-0.4, -0.2) is 110 Å². The summed E-state index contributed by atoms with van der Waals surface area (Å²) in [4.78, 5) is 83.9. The Morgan fingerprint density at radius 2 is 1.65 bits per heavy atom. The number of likely N-dealkylation sites (tertiary alicyclic amines) is 1. The van der Waals surface area contributed by atoms with Crippen molar-refractivity contribution in [1.29, 1.82) is 0 Å². The fourth-order valence-corrected chi connectivity index (χ4v) is 12.5. The van der Waals surface area contributed by atoms with Gasteiger partial charge in [0.2, 0.25) is 17.7 Å². The van der Waals surface area contributed by atoms with Crippen LogP contribution in [0, 0.1) is 39.0 Å². The van der Waals surface area contributed by atoms with Crippen molar-refractivity contribution in [2.75, 3.05) is 37.0 Å². The second-order valence-electron chi connectivity index (χ2n) is 21.3. The molecule has 6 atom stereocenters. The normalized spacial score (nSPS) is 19.0. The van der Waals surface area contributed by atoms with Crippen LogP contribution in [0.25, 0.3) is 26.4 Å². The summed E-state index contributed by atoms with van der Waals surface area (Å²) in [7, 11) is 1.36. The van der Waals surface area contributed by atoms with Crippen molar-refractivity contribution in [2.24, 2.45) is 16.3 Å². The first-order valence-electron chi connectivity index (χ1n) is 25.7. The third-order valence-electron chi connectivity index (χ3n) is 14.9. The molecule has 2 saturated heterocycles. The Bertz CT molecular complexity index is 3460. The van der Waals surface area contributed by atoms with Gasteiger partial charge in [-0.05, 0) is 99.5 Å². The van der Waals surface area contributed by atoms with Gasteiger partial charge >= 0.3 is 5.97 Å². The van der Waals surface area contributed by atoms with Crippen LogP contribution in [0.2, 0.25) is 0 Å². The lowest BCUT2D eigenvalue weighted by Gasteiger charge is -2.35. The van der Waals surface area contributed by atoms with Gasteiger partial charge in [0.15, 0.2) is 11.6 Å². The molecule has 4 N–H and O–H groups in total. The molecule has 3 aliphatic heterocycles. The maximum Gasteiger partial charge on any atom is 0.308 e. The number of aliphatic imine (C=N–C) groups is 1. The number of benzene rings is 3. The van der Waals surface area contributed by atoms with E-state index in [0.717, 1.165) is 59.7 Å². The topological polar surface area (TPSA) is 226 Å². The Balaban J connectivity index is 0.774. The van der Waals surface area contributed by atoms with Crippen molar-refractivity contribution >= 4 is 80.3 Å². The van der Waals surface area contributed by atoms with E-state index in [1.807, 2.05) is 100 Å². The number of rotatable bonds is 13. The Morgan fingerprint density at radius 1 is 0.909 bits per heavy atom. The number of aliphatic hydroxyl groups excluding tert-OH is 1. The highest BCUT2D eigenvalue weighted by Gasteiger charge is 2.45. The number of fused-ring (bicyclic) bond motifs is 4. The number of β-amino-alcohol motifs (C(OH)–C–C–N with tert-alkyl or cyclic N) is 1. The van der Waals surface area contributed by atoms with Gasteiger partial charge < -0.3 is 40.0 Å². The number of amides is 4. The zero-order valence-corrected chi connectivity index (χ0v) is 46.1. The lowest BCUT2D eigenvalue weighted by Crippen LogP contribution is -2.57. The van der Waals surface area contributed by atoms with Crippen LogP contribution in [0.1, 0.15) is 114 Å². The molecule has 4 amide bonds. The number of thiazole rings is 1. The van der Waals surface area contributed by atoms with Gasteiger partial charge in [0.25, 0.3) is 5.91 Å². The van der Waals surface area contributed by atoms with Crippen LogP contribution < -0.4 is 20.9 Å². The number of aliphatic hydroxyl groups is 1. The molecule has 10 rings (SSSR count). The molecular formula is C57H62N10O8S2. The highest BCUT2D eigenvalue weighted by atomic mass is 32.1. The number of nitrogens with zero attached hydrogens (tertiary/aromatic N) is 7. The minimum absolute atomic E-state index is 0.0147. The number of aromatic nitrogens is 4. The van der Waals surface area contributed by atoms with E-state index in [4.69, 9.17) is 14.1 Å². The first-order chi connectivity index (χ1) is 36.8. The average molecular weight is 1080 g/mol. The molecule has 2 fully saturated rings. The highest BCUT2D eigenvalue weighted by Crippen LogP contribution is 2.40. The Labute approximate surface area is 454 Å². The summed E-state index contributed by atoms with van der Waals surface area (Å²) >= 11 is 3.21. The molecular weight excluding hydrogens is 1020 g/mol. The number of carbonyl (C=O) groups is 5. The van der Waals surface area contributed by atoms with Gasteiger partial charge in [-0.25, -0.2) is 4.98 Å². The zero-order valence-electron chi connectivity index (χ0n) is 44.5. The van der Waals surface area contributed by atoms with Crippen molar-refractivity contribution in [3.63, 3.8) is 0 Å². The summed E-state index contributed by atoms with van der Waals surface area (Å²) in [5.74, 6) is -1.08. The maximum absolute atomic E-state index is 14.4. The Hall–Kier alpha value is -7.55. The third-order valence-corrected chi connectivity index (χ3v) is 17.1. The van der Waals surface area contributed by atoms with Crippen LogP contribution in [0.5, 0.6) is 0 Å². The number of hydrogen-bond acceptors (Lipinski definition) is 15. The zero-order chi connectivity index (χ0) is 54.6. The van der Waals surface area contributed by atoms with Crippen LogP contribution >= 0.6 is 22.7 Å². The van der Waals surface area contributed by atoms with Gasteiger partial charge in [-0.15, -0.1) is 32.9 Å². The van der Waals surface area contributed by atoms with E-state index in [-0.39, 0.29) is 43.0 Å². The molecule has 3 aromatic carbocycles. The van der Waals surface area contributed by atoms with Gasteiger partial charge in [-0.2, -0.15) is 0 Å². The number of anilines is 2. The molecule has 4 aromatic heterocycles. The summed E-state index contributed by atoms with van der Waals surface area (Å²) in [6, 6.07) is 19.8. The molecule has 7 aromatic rings. The van der Waals surface area contributed by atoms with Gasteiger partial charge in [0, 0.05) is 58.8 Å². The number of nitrogens with one attached hydrogen (secondary N) is 3. The molecule has 77 heavy (non-hydrogen) atoms. The molecule has 18 nitrogen and oxygen atoms in total. The van der Waals surface area contributed by atoms with E-state index in [1.54, 1.807) is 46.9 Å². The van der Waals surface area contributed by atoms with Crippen molar-refractivity contribution in [2.45, 2.75) is 105 Å². The minimum Gasteiger partial charge on any atom is -0.469 e. The molecule has 7 heterocycles. The summed E-state index contributed by atoms with van der Waals surface area (Å²) in [5, 5.41) is 30.1. The number of furan rings is 1. The molecule has 0 bridgehead atoms. The van der Waals surface area contributed by atoms with Crippen molar-refractivity contribution in [3.05, 3.63) is 129 Å². The molecule has 20 heteroatoms. The average Bonchev–Trinajstić information content (AvgIpc) is 4.32. The Kier molecular flexibility index (Phi) is 14.5. The molecule has 0 radical (unpaired) electrons. The second-order valence-corrected chi connectivity index (χ2v) is 23.4. The summed E-state index contributed by atoms with van der Waals surface area (Å²) < 4.78 is 13.0. The maximum atomic E-state index is 14.4. The SMILES string of the molecule is COC(=O)C[C@@H]1N=C(c2ccc(N3CCC(C(=O)Nc4ccc5oc(C(=O)N[C@H](C(=O)N6C[C@H](O)C[C@H]6C(=O)N[C@@H](C)c6ccc(-c7scnc7C)cc6)C(C)(C)C)cc5c4)C3)cc2)c2c(sc(C)c2C)-n2c(C)nnc21. The van der Waals surface area contributed by atoms with E-state index in [1.165, 1.54) is 12.0 Å². The lowest BCUT2D eigenvalue weighted by atomic mass is 9.85. The number of hydrogen-bond donors (Lipinski definition) is 4. The monoisotopic (exact) mass is 1080 g/mol. The van der Waals surface area contributed by atoms with E-state index in [9.17, 15) is 29.1 Å². The van der Waals surface area contributed by atoms with Crippen LogP contribution in [-0.2, 0) is 23.9 Å². The predicted octanol–water partition coefficient (Wildman–Crippen LogP) is 8.34. The summed E-state index contributed by atoms with van der Waals surface area (Å²) in [6.07, 6.45) is -0.218. The molecule has 0 spiro atoms. The fraction of sp³-hybridized carbons (Fsp3) is 0.386. The molecule has 1 unspecified atom stereocenters. The number of methoxy groups -OCH3 is 1. The number of thiophene rings is 1. The largest absolute Gasteiger partial charge is 0.469 e. The smallest absolute Gasteiger partial charge is 0.308 e. The fourth-order valence-electron chi connectivity index (χ4n) is 10.5. The van der Waals surface area contributed by atoms with Gasteiger partial charge in [0.05, 0.1) is 53.4 Å². The van der Waals surface area contributed by atoms with Crippen molar-refractivity contribution in [1.82, 2.24) is 35.3 Å². The molecule has 0 aliphatic carbocycles. The van der Waals surface area contributed by atoms with Crippen LogP contribution in [0.15, 0.2) is 87.7 Å². The number of ether oxygens (including phenoxy) is 1. The van der Waals surface area contributed by atoms with E-state index in [2.05, 4.69) is 49.9 Å². The Morgan fingerprint density at radius 3 is 2.35 bits per heavy atom. The number of aryl methyl sites for hydroxylation is 3. The number of carbonyl (C=O) groups excluding carboxylic acids is 5. The quantitative estimate of drug-likeness (QED) is 0.0800. The first kappa shape index (κ1) is 52.9. The van der Waals surface area contributed by atoms with Gasteiger partial charge in [-0.1, -0.05) is 57.2 Å². The van der Waals surface area contributed by atoms with Gasteiger partial charge in [-0.3, -0.25) is 33.5 Å². The predicted molar refractivity (Wildman–Crippen MR) is 296 cm³/mol. The lowest BCUT2D eigenvalue weighted by molar-refractivity contribution is -0.142. The van der Waals surface area contributed by atoms with Crippen LogP contribution in [0.4, 0.5) is 11.4 Å². The van der Waals surface area contributed by atoms with E-state index < -0.39 is 53.3 Å². The standard InChI is InChI=1S/C57H62N10O8S2/c1-29-32(4)77-56-47(29)48(61-42(25-46(69)74-9)51-64-63-33(5)67(51)56)35-14-17-40(18-15-35)65-21-20-37(26-65)52(70)60-39-16-19-44-38(22-39)23-45(75-44)54(72)62-50(57(6,7)8)55(73)66-27-41(68)24-43(66)53(71)59-30(2)34-10-12-36(13-11-34)49-31(3)58-28-76-49/h10-19,22-23,28,30,37,41-43,50,68H,20-21,24-27H2,1-9H3,(H,59,71)(H,60,70)(H,62,72)/t30-,37?,41+,42-,43-,50+/m0/s1. The summed E-state index contributed by atoms with van der Waals surface area (Å²) in [5.41, 5.74) is 9.52. The molecule has 0 saturated carbocycles. The van der Waals surface area contributed by atoms with E-state index in [0.29, 0.717) is 47.8 Å². The first-order valence-corrected chi connectivity index (χ1v) is 27.4. The minimum atomic E-state index is -1.08. The molecule has 400 valence electrons. The van der Waals surface area contributed by atoms with E-state index >= 15 is 0 Å². The van der Waals surface area contributed by atoms with Crippen LogP contribution in [0.3, 0.4) is 0 Å². The molecule has 3 aliphatic rings. The number of esters is 1. The summed E-state index contributed by atoms with van der Waals surface area (Å²) in [6.45, 7) is 16.5. The van der Waals surface area contributed by atoms with Crippen molar-refractivity contribution in [3.8, 4) is 15.4 Å². The second kappa shape index (κ2) is 21.1. The third kappa shape index (κ3) is 10.5.